The summed E-state index contributed by atoms with van der Waals surface area (Å²) in [6, 6.07) is 13.4. The number of hydrogen-bond acceptors (Lipinski definition) is 3. The summed E-state index contributed by atoms with van der Waals surface area (Å²) in [5, 5.41) is 0. The molecule has 1 aliphatic heterocycles. The van der Waals surface area contributed by atoms with Gasteiger partial charge in [-0.2, -0.15) is 4.31 Å². The highest BCUT2D eigenvalue weighted by molar-refractivity contribution is 7.89. The Kier molecular flexibility index (Phi) is 5.40. The van der Waals surface area contributed by atoms with Gasteiger partial charge in [0.25, 0.3) is 0 Å². The van der Waals surface area contributed by atoms with Gasteiger partial charge in [0.1, 0.15) is 4.90 Å². The normalized spacial score (nSPS) is 16.5. The van der Waals surface area contributed by atoms with Crippen LogP contribution >= 0.6 is 0 Å². The number of hydrogen-bond donors (Lipinski definition) is 0. The molecule has 0 amide bonds. The molecule has 126 valence electrons. The van der Waals surface area contributed by atoms with E-state index in [0.29, 0.717) is 37.7 Å². The van der Waals surface area contributed by atoms with Gasteiger partial charge in [-0.15, -0.1) is 0 Å². The van der Waals surface area contributed by atoms with Crippen molar-refractivity contribution < 1.29 is 17.7 Å². The molecule has 6 heteroatoms. The van der Waals surface area contributed by atoms with E-state index in [9.17, 15) is 8.42 Å². The minimum Gasteiger partial charge on any atom is -0.379 e. The van der Waals surface area contributed by atoms with Crippen LogP contribution in [0.25, 0.3) is 6.08 Å². The molecule has 0 bridgehead atoms. The number of sulfonamides is 1. The Bertz CT molecular complexity index is 798. The lowest BCUT2D eigenvalue weighted by Crippen LogP contribution is -2.42. The van der Waals surface area contributed by atoms with E-state index in [4.69, 9.17) is 4.74 Å². The molecule has 0 radical (unpaired) electrons. The van der Waals surface area contributed by atoms with Crippen molar-refractivity contribution in [2.45, 2.75) is 11.4 Å². The van der Waals surface area contributed by atoms with Crippen LogP contribution in [0.1, 0.15) is 5.56 Å². The quantitative estimate of drug-likeness (QED) is 0.775. The monoisotopic (exact) mass is 345 g/mol. The molecular formula is C18H21N2O3S+. The third kappa shape index (κ3) is 4.08. The molecule has 0 spiro atoms. The first kappa shape index (κ1) is 16.8. The molecule has 0 atom stereocenters. The van der Waals surface area contributed by atoms with Crippen molar-refractivity contribution in [2.24, 2.45) is 0 Å². The van der Waals surface area contributed by atoms with Gasteiger partial charge < -0.3 is 4.74 Å². The minimum atomic E-state index is -3.45. The van der Waals surface area contributed by atoms with E-state index in [0.717, 1.165) is 5.56 Å². The highest BCUT2D eigenvalue weighted by atomic mass is 32.2. The average molecular weight is 345 g/mol. The van der Waals surface area contributed by atoms with E-state index < -0.39 is 10.0 Å². The number of rotatable bonds is 5. The molecule has 0 aliphatic carbocycles. The summed E-state index contributed by atoms with van der Waals surface area (Å²) in [5.74, 6) is 0. The average Bonchev–Trinajstić information content (AvgIpc) is 2.64. The molecular weight excluding hydrogens is 324 g/mol. The van der Waals surface area contributed by atoms with Crippen molar-refractivity contribution >= 4 is 16.1 Å². The van der Waals surface area contributed by atoms with Crippen LogP contribution in [0.2, 0.25) is 0 Å². The van der Waals surface area contributed by atoms with Gasteiger partial charge in [-0.1, -0.05) is 36.4 Å². The maximum Gasteiger partial charge on any atom is 0.249 e. The summed E-state index contributed by atoms with van der Waals surface area (Å²) in [4.78, 5) is 0.319. The van der Waals surface area contributed by atoms with Gasteiger partial charge in [-0.3, -0.25) is 0 Å². The molecule has 0 N–H and O–H groups in total. The molecule has 2 aromatic rings. The topological polar surface area (TPSA) is 50.5 Å². The van der Waals surface area contributed by atoms with Crippen molar-refractivity contribution in [2.75, 3.05) is 26.3 Å². The van der Waals surface area contributed by atoms with E-state index in [2.05, 4.69) is 0 Å². The highest BCUT2D eigenvalue weighted by Crippen LogP contribution is 2.15. The molecule has 1 aromatic heterocycles. The molecule has 3 rings (SSSR count). The zero-order chi connectivity index (χ0) is 16.8. The standard InChI is InChI=1S/C18H21N2O3S/c21-24(22,20-12-14-23-15-13-20)18-9-5-11-19(16-18)10-4-8-17-6-2-1-3-7-17/h1-9,11,16H,10,12-15H2/q+1. The molecule has 1 fully saturated rings. The zero-order valence-corrected chi connectivity index (χ0v) is 14.2. The number of pyridine rings is 1. The highest BCUT2D eigenvalue weighted by Gasteiger charge is 2.28. The van der Waals surface area contributed by atoms with Crippen LogP contribution in [0.3, 0.4) is 0 Å². The fourth-order valence-electron chi connectivity index (χ4n) is 2.57. The van der Waals surface area contributed by atoms with Gasteiger partial charge in [0.05, 0.1) is 13.2 Å². The number of nitrogens with zero attached hydrogens (tertiary/aromatic N) is 2. The Morgan fingerprint density at radius 2 is 1.83 bits per heavy atom. The summed E-state index contributed by atoms with van der Waals surface area (Å²) in [5.41, 5.74) is 1.12. The van der Waals surface area contributed by atoms with Crippen molar-refractivity contribution in [1.29, 1.82) is 0 Å². The van der Waals surface area contributed by atoms with Crippen LogP contribution in [0.15, 0.2) is 65.8 Å². The summed E-state index contributed by atoms with van der Waals surface area (Å²) in [7, 11) is -3.45. The van der Waals surface area contributed by atoms with Gasteiger partial charge in [-0.25, -0.2) is 13.0 Å². The van der Waals surface area contributed by atoms with Crippen LogP contribution in [0.4, 0.5) is 0 Å². The third-order valence-corrected chi connectivity index (χ3v) is 5.75. The smallest absolute Gasteiger partial charge is 0.249 e. The Labute approximate surface area is 142 Å². The molecule has 1 saturated heterocycles. The molecule has 0 unspecified atom stereocenters. The van der Waals surface area contributed by atoms with Gasteiger partial charge in [0, 0.05) is 19.2 Å². The van der Waals surface area contributed by atoms with Crippen molar-refractivity contribution in [1.82, 2.24) is 4.31 Å². The molecule has 5 nitrogen and oxygen atoms in total. The second-order valence-electron chi connectivity index (χ2n) is 5.57. The maximum atomic E-state index is 12.7. The summed E-state index contributed by atoms with van der Waals surface area (Å²) in [6.07, 6.45) is 7.59. The SMILES string of the molecule is O=S(=O)(c1ccc[n+](CC=Cc2ccccc2)c1)N1CCOCC1. The first-order valence-electron chi connectivity index (χ1n) is 7.95. The van der Waals surface area contributed by atoms with Gasteiger partial charge >= 0.3 is 0 Å². The zero-order valence-electron chi connectivity index (χ0n) is 13.4. The van der Waals surface area contributed by atoms with Crippen LogP contribution < -0.4 is 4.57 Å². The van der Waals surface area contributed by atoms with Crippen molar-refractivity contribution in [3.8, 4) is 0 Å². The van der Waals surface area contributed by atoms with Crippen LogP contribution in [-0.4, -0.2) is 39.0 Å². The molecule has 1 aliphatic rings. The Morgan fingerprint density at radius 1 is 1.08 bits per heavy atom. The van der Waals surface area contributed by atoms with Gasteiger partial charge in [-0.05, 0) is 17.7 Å². The summed E-state index contributed by atoms with van der Waals surface area (Å²) in [6.45, 7) is 2.33. The lowest BCUT2D eigenvalue weighted by atomic mass is 10.2. The molecule has 2 heterocycles. The van der Waals surface area contributed by atoms with E-state index >= 15 is 0 Å². The lowest BCUT2D eigenvalue weighted by Gasteiger charge is -2.25. The molecule has 24 heavy (non-hydrogen) atoms. The van der Waals surface area contributed by atoms with Crippen LogP contribution in [-0.2, 0) is 21.3 Å². The van der Waals surface area contributed by atoms with Crippen molar-refractivity contribution in [3.05, 3.63) is 66.5 Å². The van der Waals surface area contributed by atoms with E-state index in [1.807, 2.05) is 53.2 Å². The minimum absolute atomic E-state index is 0.319. The first-order chi connectivity index (χ1) is 11.7. The number of allylic oxidation sites excluding steroid dienone is 1. The van der Waals surface area contributed by atoms with Crippen molar-refractivity contribution in [3.63, 3.8) is 0 Å². The number of benzene rings is 1. The van der Waals surface area contributed by atoms with Gasteiger partial charge in [0.15, 0.2) is 18.9 Å². The Balaban J connectivity index is 1.73. The summed E-state index contributed by atoms with van der Waals surface area (Å²) < 4.78 is 33.9. The van der Waals surface area contributed by atoms with E-state index in [1.54, 1.807) is 18.3 Å². The lowest BCUT2D eigenvalue weighted by molar-refractivity contribution is -0.688. The van der Waals surface area contributed by atoms with Gasteiger partial charge in [0.2, 0.25) is 10.0 Å². The Morgan fingerprint density at radius 3 is 2.58 bits per heavy atom. The predicted octanol–water partition coefficient (Wildman–Crippen LogP) is 1.71. The van der Waals surface area contributed by atoms with E-state index in [1.165, 1.54) is 4.31 Å². The van der Waals surface area contributed by atoms with Crippen LogP contribution in [0.5, 0.6) is 0 Å². The van der Waals surface area contributed by atoms with Crippen LogP contribution in [0, 0.1) is 0 Å². The molecule has 1 aromatic carbocycles. The fourth-order valence-corrected chi connectivity index (χ4v) is 4.02. The number of ether oxygens (including phenoxy) is 1. The number of morpholine rings is 1. The van der Waals surface area contributed by atoms with E-state index in [-0.39, 0.29) is 0 Å². The third-order valence-electron chi connectivity index (χ3n) is 3.87. The Hall–Kier alpha value is -2.02. The molecule has 0 saturated carbocycles. The first-order valence-corrected chi connectivity index (χ1v) is 9.39. The second-order valence-corrected chi connectivity index (χ2v) is 7.50. The largest absolute Gasteiger partial charge is 0.379 e. The summed E-state index contributed by atoms with van der Waals surface area (Å²) >= 11 is 0. The second kappa shape index (κ2) is 7.70. The fraction of sp³-hybridized carbons (Fsp3) is 0.278. The maximum absolute atomic E-state index is 12.7. The predicted molar refractivity (Wildman–Crippen MR) is 91.7 cm³/mol. The number of aromatic nitrogens is 1.